The molecule has 0 radical (unpaired) electrons. The molecule has 8 heteroatoms. The molecule has 132 valence electrons. The molecule has 0 saturated heterocycles. The SMILES string of the molecule is CC1CCC(C)(C)C1OC(=O)[C@H](CO)NC(=O)[C@@H](N)CC(=O)O. The molecule has 0 aromatic rings. The van der Waals surface area contributed by atoms with Gasteiger partial charge in [-0.1, -0.05) is 20.8 Å². The van der Waals surface area contributed by atoms with E-state index >= 15 is 0 Å². The predicted octanol–water partition coefficient (Wildman–Crippen LogP) is -0.367. The van der Waals surface area contributed by atoms with Crippen molar-refractivity contribution in [3.05, 3.63) is 0 Å². The fourth-order valence-electron chi connectivity index (χ4n) is 2.89. The first-order valence-corrected chi connectivity index (χ1v) is 7.67. The number of rotatable bonds is 7. The van der Waals surface area contributed by atoms with Crippen molar-refractivity contribution < 1.29 is 29.3 Å². The van der Waals surface area contributed by atoms with E-state index in [9.17, 15) is 19.5 Å². The first-order valence-electron chi connectivity index (χ1n) is 7.67. The van der Waals surface area contributed by atoms with Crippen LogP contribution in [-0.2, 0) is 19.1 Å². The summed E-state index contributed by atoms with van der Waals surface area (Å²) in [7, 11) is 0. The quantitative estimate of drug-likeness (QED) is 0.467. The van der Waals surface area contributed by atoms with Gasteiger partial charge in [-0.05, 0) is 18.8 Å². The summed E-state index contributed by atoms with van der Waals surface area (Å²) in [6.45, 7) is 5.35. The molecule has 0 bridgehead atoms. The molecule has 23 heavy (non-hydrogen) atoms. The van der Waals surface area contributed by atoms with Crippen molar-refractivity contribution >= 4 is 17.8 Å². The average Bonchev–Trinajstić information content (AvgIpc) is 2.70. The van der Waals surface area contributed by atoms with Gasteiger partial charge < -0.3 is 26.0 Å². The van der Waals surface area contributed by atoms with Crippen LogP contribution in [0.1, 0.15) is 40.0 Å². The van der Waals surface area contributed by atoms with Crippen LogP contribution in [0, 0.1) is 11.3 Å². The normalized spacial score (nSPS) is 25.4. The third-order valence-corrected chi connectivity index (χ3v) is 4.29. The van der Waals surface area contributed by atoms with Gasteiger partial charge in [0.15, 0.2) is 6.04 Å². The molecule has 0 aromatic heterocycles. The second-order valence-corrected chi connectivity index (χ2v) is 6.81. The molecule has 1 fully saturated rings. The van der Waals surface area contributed by atoms with Crippen molar-refractivity contribution in [3.8, 4) is 0 Å². The maximum absolute atomic E-state index is 12.2. The van der Waals surface area contributed by atoms with Crippen LogP contribution in [0.25, 0.3) is 0 Å². The molecule has 0 aliphatic heterocycles. The Bertz CT molecular complexity index is 465. The Kier molecular flexibility index (Phi) is 6.52. The van der Waals surface area contributed by atoms with Crippen LogP contribution in [0.15, 0.2) is 0 Å². The van der Waals surface area contributed by atoms with Crippen LogP contribution in [0.5, 0.6) is 0 Å². The first kappa shape index (κ1) is 19.4. The smallest absolute Gasteiger partial charge is 0.331 e. The van der Waals surface area contributed by atoms with Gasteiger partial charge in [0, 0.05) is 5.41 Å². The van der Waals surface area contributed by atoms with Gasteiger partial charge in [0.25, 0.3) is 0 Å². The minimum absolute atomic E-state index is 0.168. The van der Waals surface area contributed by atoms with Crippen LogP contribution in [0.4, 0.5) is 0 Å². The number of amides is 1. The number of hydrogen-bond donors (Lipinski definition) is 4. The van der Waals surface area contributed by atoms with Crippen molar-refractivity contribution in [2.75, 3.05) is 6.61 Å². The van der Waals surface area contributed by atoms with Crippen molar-refractivity contribution in [3.63, 3.8) is 0 Å². The lowest BCUT2D eigenvalue weighted by molar-refractivity contribution is -0.160. The second kappa shape index (κ2) is 7.74. The summed E-state index contributed by atoms with van der Waals surface area (Å²) in [6.07, 6.45) is 0.996. The number of esters is 1. The number of ether oxygens (including phenoxy) is 1. The van der Waals surface area contributed by atoms with E-state index < -0.39 is 43.0 Å². The molecule has 1 saturated carbocycles. The van der Waals surface area contributed by atoms with Gasteiger partial charge in [0.2, 0.25) is 5.91 Å². The fourth-order valence-corrected chi connectivity index (χ4v) is 2.89. The van der Waals surface area contributed by atoms with E-state index in [1.807, 2.05) is 20.8 Å². The van der Waals surface area contributed by atoms with Crippen LogP contribution in [0.3, 0.4) is 0 Å². The maximum Gasteiger partial charge on any atom is 0.331 e. The number of hydrogen-bond acceptors (Lipinski definition) is 6. The number of aliphatic hydroxyl groups is 1. The number of carboxylic acid groups (broad SMARTS) is 1. The summed E-state index contributed by atoms with van der Waals surface area (Å²) in [5.41, 5.74) is 5.26. The Hall–Kier alpha value is -1.67. The number of aliphatic hydroxyl groups excluding tert-OH is 1. The highest BCUT2D eigenvalue weighted by atomic mass is 16.5. The van der Waals surface area contributed by atoms with E-state index in [1.165, 1.54) is 0 Å². The predicted molar refractivity (Wildman–Crippen MR) is 81.3 cm³/mol. The Morgan fingerprint density at radius 2 is 2.00 bits per heavy atom. The molecule has 1 amide bonds. The lowest BCUT2D eigenvalue weighted by atomic mass is 9.87. The third kappa shape index (κ3) is 5.18. The summed E-state index contributed by atoms with van der Waals surface area (Å²) in [5, 5.41) is 20.2. The van der Waals surface area contributed by atoms with E-state index in [0.29, 0.717) is 0 Å². The fraction of sp³-hybridized carbons (Fsp3) is 0.800. The lowest BCUT2D eigenvalue weighted by Gasteiger charge is -2.30. The monoisotopic (exact) mass is 330 g/mol. The molecule has 0 heterocycles. The summed E-state index contributed by atoms with van der Waals surface area (Å²) in [5.74, 6) is -2.59. The molecule has 1 aliphatic carbocycles. The zero-order valence-corrected chi connectivity index (χ0v) is 13.7. The number of nitrogens with one attached hydrogen (secondary N) is 1. The number of carbonyl (C=O) groups is 3. The molecular formula is C15H26N2O6. The standard InChI is InChI=1S/C15H26N2O6/c1-8-4-5-15(2,3)12(8)23-14(22)10(7-18)17-13(21)9(16)6-11(19)20/h8-10,12,18H,4-7,16H2,1-3H3,(H,17,21)(H,19,20)/t8?,9-,10-,12?/m0/s1. The molecular weight excluding hydrogens is 304 g/mol. The van der Waals surface area contributed by atoms with Crippen LogP contribution < -0.4 is 11.1 Å². The number of nitrogens with two attached hydrogens (primary N) is 1. The number of carboxylic acids is 1. The summed E-state index contributed by atoms with van der Waals surface area (Å²) < 4.78 is 5.48. The molecule has 1 aliphatic rings. The van der Waals surface area contributed by atoms with Crippen molar-refractivity contribution in [1.82, 2.24) is 5.32 Å². The molecule has 4 atom stereocenters. The maximum atomic E-state index is 12.2. The highest BCUT2D eigenvalue weighted by molar-refractivity contribution is 5.89. The first-order chi connectivity index (χ1) is 10.6. The van der Waals surface area contributed by atoms with Gasteiger partial charge in [0.1, 0.15) is 6.10 Å². The molecule has 0 spiro atoms. The van der Waals surface area contributed by atoms with Gasteiger partial charge >= 0.3 is 11.9 Å². The minimum atomic E-state index is -1.30. The minimum Gasteiger partial charge on any atom is -0.481 e. The Morgan fingerprint density at radius 1 is 1.39 bits per heavy atom. The van der Waals surface area contributed by atoms with Crippen LogP contribution >= 0.6 is 0 Å². The van der Waals surface area contributed by atoms with Crippen molar-refractivity contribution in [2.45, 2.75) is 58.2 Å². The number of carbonyl (C=O) groups excluding carboxylic acids is 2. The largest absolute Gasteiger partial charge is 0.481 e. The average molecular weight is 330 g/mol. The van der Waals surface area contributed by atoms with Crippen molar-refractivity contribution in [1.29, 1.82) is 0 Å². The zero-order valence-electron chi connectivity index (χ0n) is 13.7. The number of aliphatic carboxylic acids is 1. The van der Waals surface area contributed by atoms with E-state index in [2.05, 4.69) is 5.32 Å². The second-order valence-electron chi connectivity index (χ2n) is 6.81. The van der Waals surface area contributed by atoms with Gasteiger partial charge in [-0.2, -0.15) is 0 Å². The third-order valence-electron chi connectivity index (χ3n) is 4.29. The van der Waals surface area contributed by atoms with Crippen LogP contribution in [-0.4, -0.2) is 52.9 Å². The molecule has 2 unspecified atom stereocenters. The van der Waals surface area contributed by atoms with Crippen molar-refractivity contribution in [2.24, 2.45) is 17.1 Å². The van der Waals surface area contributed by atoms with Gasteiger partial charge in [0.05, 0.1) is 19.1 Å². The Balaban J connectivity index is 2.65. The summed E-state index contributed by atoms with van der Waals surface area (Å²) in [4.78, 5) is 34.5. The van der Waals surface area contributed by atoms with Gasteiger partial charge in [-0.15, -0.1) is 0 Å². The van der Waals surface area contributed by atoms with E-state index in [0.717, 1.165) is 12.8 Å². The topological polar surface area (TPSA) is 139 Å². The molecule has 8 nitrogen and oxygen atoms in total. The van der Waals surface area contributed by atoms with E-state index in [1.54, 1.807) is 0 Å². The van der Waals surface area contributed by atoms with Gasteiger partial charge in [-0.25, -0.2) is 4.79 Å². The summed E-state index contributed by atoms with van der Waals surface area (Å²) in [6, 6.07) is -2.55. The van der Waals surface area contributed by atoms with Crippen LogP contribution in [0.2, 0.25) is 0 Å². The Morgan fingerprint density at radius 3 is 2.43 bits per heavy atom. The van der Waals surface area contributed by atoms with E-state index in [4.69, 9.17) is 15.6 Å². The van der Waals surface area contributed by atoms with E-state index in [-0.39, 0.29) is 17.4 Å². The Labute approximate surface area is 135 Å². The highest BCUT2D eigenvalue weighted by Gasteiger charge is 2.43. The molecule has 1 rings (SSSR count). The highest BCUT2D eigenvalue weighted by Crippen LogP contribution is 2.43. The summed E-state index contributed by atoms with van der Waals surface area (Å²) >= 11 is 0. The molecule has 5 N–H and O–H groups in total. The lowest BCUT2D eigenvalue weighted by Crippen LogP contribution is -2.52. The van der Waals surface area contributed by atoms with Gasteiger partial charge in [-0.3, -0.25) is 9.59 Å². The molecule has 0 aromatic carbocycles. The zero-order chi connectivity index (χ0) is 17.8.